The molecule has 0 aliphatic heterocycles. The van der Waals surface area contributed by atoms with Gasteiger partial charge in [-0.3, -0.25) is 4.79 Å². The van der Waals surface area contributed by atoms with Crippen LogP contribution in [0.5, 0.6) is 5.75 Å². The normalized spacial score (nSPS) is 14.2. The SMILES string of the molecule is CCC(C)CC(CC(=O)O)c1ccc(O)cc1. The number of aromatic hydroxyl groups is 1. The van der Waals surface area contributed by atoms with Gasteiger partial charge in [-0.05, 0) is 36.0 Å². The number of phenolic OH excluding ortho intramolecular Hbond substituents is 1. The molecule has 1 rings (SSSR count). The highest BCUT2D eigenvalue weighted by molar-refractivity contribution is 5.68. The second-order valence-corrected chi connectivity index (χ2v) is 4.64. The molecule has 0 fully saturated rings. The highest BCUT2D eigenvalue weighted by atomic mass is 16.4. The molecule has 0 saturated carbocycles. The van der Waals surface area contributed by atoms with E-state index in [0.29, 0.717) is 5.92 Å². The summed E-state index contributed by atoms with van der Waals surface area (Å²) in [7, 11) is 0. The number of carbonyl (C=O) groups is 1. The minimum absolute atomic E-state index is 0.0306. The van der Waals surface area contributed by atoms with Gasteiger partial charge in [0, 0.05) is 0 Å². The van der Waals surface area contributed by atoms with Gasteiger partial charge in [0.25, 0.3) is 0 Å². The summed E-state index contributed by atoms with van der Waals surface area (Å²) in [4.78, 5) is 10.9. The number of benzene rings is 1. The van der Waals surface area contributed by atoms with E-state index in [9.17, 15) is 9.90 Å². The number of carboxylic acid groups (broad SMARTS) is 1. The van der Waals surface area contributed by atoms with Crippen LogP contribution in [0, 0.1) is 5.92 Å². The van der Waals surface area contributed by atoms with E-state index in [-0.39, 0.29) is 18.1 Å². The van der Waals surface area contributed by atoms with Crippen molar-refractivity contribution in [3.63, 3.8) is 0 Å². The Morgan fingerprint density at radius 1 is 1.29 bits per heavy atom. The Bertz CT molecular complexity index is 356. The molecule has 2 unspecified atom stereocenters. The summed E-state index contributed by atoms with van der Waals surface area (Å²) in [6, 6.07) is 6.85. The van der Waals surface area contributed by atoms with Crippen molar-refractivity contribution in [2.75, 3.05) is 0 Å². The van der Waals surface area contributed by atoms with Crippen LogP contribution in [0.3, 0.4) is 0 Å². The number of phenols is 1. The first kappa shape index (κ1) is 13.6. The van der Waals surface area contributed by atoms with Gasteiger partial charge in [0.2, 0.25) is 0 Å². The maximum atomic E-state index is 10.9. The molecule has 1 aromatic carbocycles. The Kier molecular flexibility index (Phi) is 5.01. The van der Waals surface area contributed by atoms with E-state index >= 15 is 0 Å². The van der Waals surface area contributed by atoms with Crippen LogP contribution in [0.4, 0.5) is 0 Å². The lowest BCUT2D eigenvalue weighted by Crippen LogP contribution is -2.10. The van der Waals surface area contributed by atoms with Crippen molar-refractivity contribution in [1.29, 1.82) is 0 Å². The molecule has 0 radical (unpaired) electrons. The van der Waals surface area contributed by atoms with Gasteiger partial charge >= 0.3 is 5.97 Å². The molecule has 94 valence electrons. The molecule has 0 heterocycles. The monoisotopic (exact) mass is 236 g/mol. The third-order valence-electron chi connectivity index (χ3n) is 3.17. The fourth-order valence-electron chi connectivity index (χ4n) is 1.95. The Morgan fingerprint density at radius 2 is 1.88 bits per heavy atom. The van der Waals surface area contributed by atoms with Crippen LogP contribution in [0.15, 0.2) is 24.3 Å². The molecule has 17 heavy (non-hydrogen) atoms. The minimum Gasteiger partial charge on any atom is -0.508 e. The summed E-state index contributed by atoms with van der Waals surface area (Å²) in [6.07, 6.45) is 2.07. The molecular formula is C14H20O3. The molecule has 0 aliphatic carbocycles. The average molecular weight is 236 g/mol. The zero-order valence-corrected chi connectivity index (χ0v) is 10.4. The van der Waals surface area contributed by atoms with E-state index < -0.39 is 5.97 Å². The Labute approximate surface area is 102 Å². The predicted octanol–water partition coefficient (Wildman–Crippen LogP) is 3.39. The summed E-state index contributed by atoms with van der Waals surface area (Å²) >= 11 is 0. The standard InChI is InChI=1S/C14H20O3/c1-3-10(2)8-12(9-14(16)17)11-4-6-13(15)7-5-11/h4-7,10,12,15H,3,8-9H2,1-2H3,(H,16,17). The number of carboxylic acids is 1. The van der Waals surface area contributed by atoms with Gasteiger partial charge in [-0.1, -0.05) is 32.4 Å². The van der Waals surface area contributed by atoms with E-state index in [2.05, 4.69) is 13.8 Å². The first-order valence-corrected chi connectivity index (χ1v) is 6.03. The first-order chi connectivity index (χ1) is 8.02. The van der Waals surface area contributed by atoms with E-state index in [1.807, 2.05) is 12.1 Å². The molecule has 3 nitrogen and oxygen atoms in total. The molecule has 2 atom stereocenters. The van der Waals surface area contributed by atoms with Crippen LogP contribution in [-0.2, 0) is 4.79 Å². The van der Waals surface area contributed by atoms with Crippen LogP contribution < -0.4 is 0 Å². The van der Waals surface area contributed by atoms with Crippen LogP contribution in [0.1, 0.15) is 44.6 Å². The van der Waals surface area contributed by atoms with E-state index in [4.69, 9.17) is 5.11 Å². The number of hydrogen-bond donors (Lipinski definition) is 2. The van der Waals surface area contributed by atoms with E-state index in [1.54, 1.807) is 12.1 Å². The van der Waals surface area contributed by atoms with Crippen molar-refractivity contribution in [2.45, 2.75) is 39.0 Å². The quantitative estimate of drug-likeness (QED) is 0.796. The maximum absolute atomic E-state index is 10.9. The third-order valence-corrected chi connectivity index (χ3v) is 3.17. The number of rotatable bonds is 6. The molecule has 0 spiro atoms. The molecule has 0 bridgehead atoms. The van der Waals surface area contributed by atoms with Gasteiger partial charge < -0.3 is 10.2 Å². The molecule has 2 N–H and O–H groups in total. The van der Waals surface area contributed by atoms with Crippen LogP contribution in [0.25, 0.3) is 0 Å². The van der Waals surface area contributed by atoms with Crippen molar-refractivity contribution < 1.29 is 15.0 Å². The molecule has 0 saturated heterocycles. The summed E-state index contributed by atoms with van der Waals surface area (Å²) in [5, 5.41) is 18.2. The Morgan fingerprint density at radius 3 is 2.35 bits per heavy atom. The van der Waals surface area contributed by atoms with Gasteiger partial charge in [0.1, 0.15) is 5.75 Å². The predicted molar refractivity (Wildman–Crippen MR) is 67.2 cm³/mol. The lowest BCUT2D eigenvalue weighted by Gasteiger charge is -2.19. The molecule has 0 amide bonds. The van der Waals surface area contributed by atoms with Gasteiger partial charge in [-0.15, -0.1) is 0 Å². The lowest BCUT2D eigenvalue weighted by atomic mass is 9.86. The molecule has 3 heteroatoms. The van der Waals surface area contributed by atoms with Crippen LogP contribution >= 0.6 is 0 Å². The lowest BCUT2D eigenvalue weighted by molar-refractivity contribution is -0.137. The smallest absolute Gasteiger partial charge is 0.303 e. The summed E-state index contributed by atoms with van der Waals surface area (Å²) in [5.74, 6) is -0.0195. The second-order valence-electron chi connectivity index (χ2n) is 4.64. The molecule has 1 aromatic rings. The third kappa shape index (κ3) is 4.47. The zero-order chi connectivity index (χ0) is 12.8. The van der Waals surface area contributed by atoms with Crippen LogP contribution in [0.2, 0.25) is 0 Å². The summed E-state index contributed by atoms with van der Waals surface area (Å²) < 4.78 is 0. The van der Waals surface area contributed by atoms with Gasteiger partial charge in [0.05, 0.1) is 6.42 Å². The highest BCUT2D eigenvalue weighted by Gasteiger charge is 2.17. The second kappa shape index (κ2) is 6.28. The topological polar surface area (TPSA) is 57.5 Å². The largest absolute Gasteiger partial charge is 0.508 e. The summed E-state index contributed by atoms with van der Waals surface area (Å²) in [6.45, 7) is 4.24. The summed E-state index contributed by atoms with van der Waals surface area (Å²) in [5.41, 5.74) is 0.991. The van der Waals surface area contributed by atoms with Crippen LogP contribution in [-0.4, -0.2) is 16.2 Å². The highest BCUT2D eigenvalue weighted by Crippen LogP contribution is 2.29. The maximum Gasteiger partial charge on any atom is 0.303 e. The van der Waals surface area contributed by atoms with Crippen molar-refractivity contribution in [1.82, 2.24) is 0 Å². The molecule has 0 aromatic heterocycles. The van der Waals surface area contributed by atoms with Crippen molar-refractivity contribution >= 4 is 5.97 Å². The molecular weight excluding hydrogens is 216 g/mol. The van der Waals surface area contributed by atoms with Crippen molar-refractivity contribution in [2.24, 2.45) is 5.92 Å². The average Bonchev–Trinajstić information content (AvgIpc) is 2.28. The minimum atomic E-state index is -0.772. The van der Waals surface area contributed by atoms with Crippen molar-refractivity contribution in [3.8, 4) is 5.75 Å². The van der Waals surface area contributed by atoms with E-state index in [0.717, 1.165) is 18.4 Å². The fourth-order valence-corrected chi connectivity index (χ4v) is 1.95. The molecule has 0 aliphatic rings. The Balaban J connectivity index is 2.81. The van der Waals surface area contributed by atoms with Gasteiger partial charge in [-0.25, -0.2) is 0 Å². The van der Waals surface area contributed by atoms with E-state index in [1.165, 1.54) is 0 Å². The van der Waals surface area contributed by atoms with Gasteiger partial charge in [0.15, 0.2) is 0 Å². The van der Waals surface area contributed by atoms with Crippen molar-refractivity contribution in [3.05, 3.63) is 29.8 Å². The Hall–Kier alpha value is -1.51. The first-order valence-electron chi connectivity index (χ1n) is 6.03. The fraction of sp³-hybridized carbons (Fsp3) is 0.500. The van der Waals surface area contributed by atoms with Gasteiger partial charge in [-0.2, -0.15) is 0 Å². The number of aliphatic carboxylic acids is 1. The zero-order valence-electron chi connectivity index (χ0n) is 10.4. The number of hydrogen-bond acceptors (Lipinski definition) is 2.